The number of ether oxygens (including phenoxy) is 3. The van der Waals surface area contributed by atoms with Gasteiger partial charge in [-0.1, -0.05) is 45.9 Å². The van der Waals surface area contributed by atoms with Crippen LogP contribution in [0.25, 0.3) is 0 Å². The van der Waals surface area contributed by atoms with Crippen molar-refractivity contribution in [2.75, 3.05) is 27.4 Å². The van der Waals surface area contributed by atoms with E-state index < -0.39 is 12.1 Å². The van der Waals surface area contributed by atoms with Crippen molar-refractivity contribution in [2.45, 2.75) is 72.1 Å². The number of rotatable bonds is 18. The van der Waals surface area contributed by atoms with Gasteiger partial charge in [0.05, 0.1) is 19.8 Å². The average molecular weight is 559 g/mol. The van der Waals surface area contributed by atoms with Gasteiger partial charge in [0.1, 0.15) is 5.75 Å². The van der Waals surface area contributed by atoms with Gasteiger partial charge in [-0.3, -0.25) is 4.79 Å². The van der Waals surface area contributed by atoms with E-state index in [0.717, 1.165) is 29.7 Å². The van der Waals surface area contributed by atoms with Crippen molar-refractivity contribution in [2.24, 2.45) is 29.4 Å². The maximum Gasteiger partial charge on any atom is 0.223 e. The first kappa shape index (κ1) is 33.4. The molecule has 2 rings (SSSR count). The fraction of sp³-hybridized carbons (Fsp3) is 0.594. The Hall–Kier alpha value is -2.81. The van der Waals surface area contributed by atoms with Crippen LogP contribution in [0.2, 0.25) is 0 Å². The SMILES string of the molecule is COCCCOc1cc(C[C@@H](C[C@H](N)[C@@H](O)C[C@H](C(=O)NCc2cccc(OC)c2)C(C)C)C(C)C)ccc1O. The summed E-state index contributed by atoms with van der Waals surface area (Å²) in [5.41, 5.74) is 8.52. The normalized spacial score (nSPS) is 14.6. The van der Waals surface area contributed by atoms with Crippen molar-refractivity contribution in [1.29, 1.82) is 0 Å². The van der Waals surface area contributed by atoms with Crippen LogP contribution in [0.3, 0.4) is 0 Å². The van der Waals surface area contributed by atoms with E-state index in [1.54, 1.807) is 20.3 Å². The number of nitrogens with one attached hydrogen (secondary N) is 1. The summed E-state index contributed by atoms with van der Waals surface area (Å²) in [5.74, 6) is 1.43. The van der Waals surface area contributed by atoms with Gasteiger partial charge in [-0.05, 0) is 72.4 Å². The second-order valence-electron chi connectivity index (χ2n) is 11.3. The van der Waals surface area contributed by atoms with Crippen molar-refractivity contribution in [3.8, 4) is 17.2 Å². The number of aliphatic hydroxyl groups is 1. The summed E-state index contributed by atoms with van der Waals surface area (Å²) in [4.78, 5) is 13.1. The first-order chi connectivity index (χ1) is 19.0. The molecule has 8 heteroatoms. The Labute approximate surface area is 240 Å². The van der Waals surface area contributed by atoms with Crippen LogP contribution in [0.15, 0.2) is 42.5 Å². The molecule has 0 aliphatic rings. The topological polar surface area (TPSA) is 123 Å². The zero-order valence-corrected chi connectivity index (χ0v) is 25.1. The summed E-state index contributed by atoms with van der Waals surface area (Å²) in [6.07, 6.45) is 1.57. The Balaban J connectivity index is 1.98. The molecule has 0 saturated heterocycles. The van der Waals surface area contributed by atoms with E-state index in [-0.39, 0.29) is 29.4 Å². The van der Waals surface area contributed by atoms with Gasteiger partial charge in [-0.2, -0.15) is 0 Å². The summed E-state index contributed by atoms with van der Waals surface area (Å²) in [7, 11) is 3.26. The molecule has 0 fully saturated rings. The van der Waals surface area contributed by atoms with E-state index in [9.17, 15) is 15.0 Å². The van der Waals surface area contributed by atoms with Crippen molar-refractivity contribution in [1.82, 2.24) is 5.32 Å². The third kappa shape index (κ3) is 11.0. The molecule has 2 aromatic rings. The molecule has 0 saturated carbocycles. The van der Waals surface area contributed by atoms with Crippen LogP contribution in [0.1, 0.15) is 58.1 Å². The summed E-state index contributed by atoms with van der Waals surface area (Å²) in [6.45, 7) is 9.72. The smallest absolute Gasteiger partial charge is 0.223 e. The Kier molecular flexibility index (Phi) is 14.3. The number of hydrogen-bond acceptors (Lipinski definition) is 7. The van der Waals surface area contributed by atoms with Crippen LogP contribution in [0.5, 0.6) is 17.2 Å². The molecule has 4 atom stereocenters. The largest absolute Gasteiger partial charge is 0.504 e. The van der Waals surface area contributed by atoms with Gasteiger partial charge in [-0.25, -0.2) is 0 Å². The van der Waals surface area contributed by atoms with Gasteiger partial charge >= 0.3 is 0 Å². The lowest BCUT2D eigenvalue weighted by Crippen LogP contribution is -2.42. The highest BCUT2D eigenvalue weighted by Crippen LogP contribution is 2.31. The highest BCUT2D eigenvalue weighted by molar-refractivity contribution is 5.78. The molecule has 0 aromatic heterocycles. The number of amides is 1. The molecule has 224 valence electrons. The molecule has 0 aliphatic heterocycles. The second kappa shape index (κ2) is 17.1. The Bertz CT molecular complexity index is 1030. The average Bonchev–Trinajstić information content (AvgIpc) is 2.93. The number of carbonyl (C=O) groups excluding carboxylic acids is 1. The number of carbonyl (C=O) groups is 1. The maximum absolute atomic E-state index is 13.1. The minimum atomic E-state index is -0.810. The zero-order valence-electron chi connectivity index (χ0n) is 25.1. The quantitative estimate of drug-likeness (QED) is 0.196. The summed E-state index contributed by atoms with van der Waals surface area (Å²) < 4.78 is 16.1. The molecule has 8 nitrogen and oxygen atoms in total. The first-order valence-electron chi connectivity index (χ1n) is 14.3. The fourth-order valence-corrected chi connectivity index (χ4v) is 4.81. The molecule has 0 heterocycles. The lowest BCUT2D eigenvalue weighted by Gasteiger charge is -2.30. The van der Waals surface area contributed by atoms with Crippen LogP contribution >= 0.6 is 0 Å². The molecular weight excluding hydrogens is 508 g/mol. The standard InChI is InChI=1S/C32H50N2O6/c1-21(2)25(15-23-11-12-29(35)31(17-23)40-14-8-13-38-5)18-28(33)30(36)19-27(22(3)4)32(37)34-20-24-9-7-10-26(16-24)39-6/h7,9-12,16-17,21-22,25,27-28,30,35-36H,8,13-15,18-20,33H2,1-6H3,(H,34,37)/t25-,27-,28-,30-/m0/s1. The molecule has 0 aliphatic carbocycles. The summed E-state index contributed by atoms with van der Waals surface area (Å²) in [5, 5.41) is 24.3. The minimum Gasteiger partial charge on any atom is -0.504 e. The fourth-order valence-electron chi connectivity index (χ4n) is 4.81. The van der Waals surface area contributed by atoms with Gasteiger partial charge < -0.3 is 35.5 Å². The molecule has 1 amide bonds. The van der Waals surface area contributed by atoms with Gasteiger partial charge in [0.15, 0.2) is 11.5 Å². The number of aliphatic hydroxyl groups excluding tert-OH is 1. The van der Waals surface area contributed by atoms with E-state index in [1.807, 2.05) is 50.2 Å². The molecule has 0 unspecified atom stereocenters. The van der Waals surface area contributed by atoms with E-state index in [4.69, 9.17) is 19.9 Å². The van der Waals surface area contributed by atoms with Gasteiger partial charge in [0.2, 0.25) is 5.91 Å². The van der Waals surface area contributed by atoms with Crippen LogP contribution in [-0.4, -0.2) is 55.7 Å². The number of nitrogens with two attached hydrogens (primary N) is 1. The number of phenols is 1. The van der Waals surface area contributed by atoms with Crippen molar-refractivity contribution < 1.29 is 29.2 Å². The zero-order chi connectivity index (χ0) is 29.7. The Morgan fingerprint density at radius 3 is 2.38 bits per heavy atom. The Morgan fingerprint density at radius 1 is 0.975 bits per heavy atom. The molecule has 2 aromatic carbocycles. The first-order valence-corrected chi connectivity index (χ1v) is 14.3. The van der Waals surface area contributed by atoms with Gasteiger partial charge in [0.25, 0.3) is 0 Å². The van der Waals surface area contributed by atoms with Crippen LogP contribution in [0, 0.1) is 23.7 Å². The lowest BCUT2D eigenvalue weighted by molar-refractivity contribution is -0.127. The predicted molar refractivity (Wildman–Crippen MR) is 159 cm³/mol. The highest BCUT2D eigenvalue weighted by atomic mass is 16.5. The highest BCUT2D eigenvalue weighted by Gasteiger charge is 2.29. The monoisotopic (exact) mass is 558 g/mol. The molecular formula is C32H50N2O6. The lowest BCUT2D eigenvalue weighted by atomic mass is 9.81. The summed E-state index contributed by atoms with van der Waals surface area (Å²) in [6, 6.07) is 12.6. The van der Waals surface area contributed by atoms with Crippen LogP contribution in [0.4, 0.5) is 0 Å². The number of aromatic hydroxyl groups is 1. The van der Waals surface area contributed by atoms with E-state index in [1.165, 1.54) is 0 Å². The van der Waals surface area contributed by atoms with E-state index >= 15 is 0 Å². The molecule has 40 heavy (non-hydrogen) atoms. The van der Waals surface area contributed by atoms with Gasteiger partial charge in [-0.15, -0.1) is 0 Å². The van der Waals surface area contributed by atoms with Crippen molar-refractivity contribution in [3.05, 3.63) is 53.6 Å². The number of phenolic OH excluding ortho intramolecular Hbond substituents is 1. The van der Waals surface area contributed by atoms with Crippen molar-refractivity contribution in [3.63, 3.8) is 0 Å². The molecule has 5 N–H and O–H groups in total. The number of hydrogen-bond donors (Lipinski definition) is 4. The Morgan fingerprint density at radius 2 is 1.73 bits per heavy atom. The summed E-state index contributed by atoms with van der Waals surface area (Å²) >= 11 is 0. The van der Waals surface area contributed by atoms with E-state index in [0.29, 0.717) is 44.3 Å². The second-order valence-corrected chi connectivity index (χ2v) is 11.3. The van der Waals surface area contributed by atoms with Crippen molar-refractivity contribution >= 4 is 5.91 Å². The van der Waals surface area contributed by atoms with E-state index in [2.05, 4.69) is 19.2 Å². The van der Waals surface area contributed by atoms with Gasteiger partial charge in [0, 0.05) is 38.6 Å². The number of benzene rings is 2. The van der Waals surface area contributed by atoms with Crippen LogP contribution in [-0.2, 0) is 22.5 Å². The minimum absolute atomic E-state index is 0.0485. The molecule has 0 radical (unpaired) electrons. The maximum atomic E-state index is 13.1. The molecule has 0 bridgehead atoms. The third-order valence-corrected chi connectivity index (χ3v) is 7.52. The van der Waals surface area contributed by atoms with Crippen LogP contribution < -0.4 is 20.5 Å². The number of methoxy groups -OCH3 is 2. The molecule has 0 spiro atoms. The third-order valence-electron chi connectivity index (χ3n) is 7.52. The predicted octanol–water partition coefficient (Wildman–Crippen LogP) is 4.69.